The summed E-state index contributed by atoms with van der Waals surface area (Å²) in [4.78, 5) is 24.4. The van der Waals surface area contributed by atoms with Crippen molar-refractivity contribution in [1.82, 2.24) is 9.97 Å². The second kappa shape index (κ2) is 14.1. The van der Waals surface area contributed by atoms with E-state index in [1.54, 1.807) is 24.3 Å². The summed E-state index contributed by atoms with van der Waals surface area (Å²) in [6.07, 6.45) is -1.02. The molecule has 0 saturated heterocycles. The van der Waals surface area contributed by atoms with Gasteiger partial charge in [-0.2, -0.15) is 5.26 Å². The number of carbonyl (C=O) groups is 1. The van der Waals surface area contributed by atoms with Crippen LogP contribution >= 0.6 is 34.7 Å². The van der Waals surface area contributed by atoms with E-state index in [9.17, 15) is 15.2 Å². The van der Waals surface area contributed by atoms with Crippen LogP contribution in [-0.4, -0.2) is 46.4 Å². The lowest BCUT2D eigenvalue weighted by molar-refractivity contribution is -0.148. The van der Waals surface area contributed by atoms with E-state index in [0.717, 1.165) is 16.3 Å². The summed E-state index contributed by atoms with van der Waals surface area (Å²) in [5.74, 6) is 0.232. The zero-order valence-corrected chi connectivity index (χ0v) is 24.7. The van der Waals surface area contributed by atoms with E-state index in [-0.39, 0.29) is 30.3 Å². The lowest BCUT2D eigenvalue weighted by Gasteiger charge is -2.15. The SMILES string of the molecule is [C-]#[N+]c1c(N)nc(SCc2csc(-c3ccc(Cl)cc3)n2)c(C#N)c1-c1ccc(OCCOC(=O)[C@@H](N)C(C)O)cc1. The molecule has 10 nitrogen and oxygen atoms in total. The maximum Gasteiger partial charge on any atom is 0.325 e. The van der Waals surface area contributed by atoms with Gasteiger partial charge in [0.1, 0.15) is 46.9 Å². The number of hydrogen-bond acceptors (Lipinski definition) is 11. The van der Waals surface area contributed by atoms with E-state index in [1.807, 2.05) is 29.6 Å². The van der Waals surface area contributed by atoms with Crippen LogP contribution in [0.3, 0.4) is 0 Å². The van der Waals surface area contributed by atoms with Crippen LogP contribution in [0.25, 0.3) is 26.5 Å². The summed E-state index contributed by atoms with van der Waals surface area (Å²) in [7, 11) is 0. The highest BCUT2D eigenvalue weighted by Gasteiger charge is 2.22. The average molecular weight is 621 g/mol. The van der Waals surface area contributed by atoms with Gasteiger partial charge in [0.25, 0.3) is 0 Å². The lowest BCUT2D eigenvalue weighted by Crippen LogP contribution is -2.41. The fraction of sp³-hybridized carbons (Fsp3) is 0.207. The van der Waals surface area contributed by atoms with Crippen LogP contribution < -0.4 is 16.2 Å². The molecule has 0 spiro atoms. The highest BCUT2D eigenvalue weighted by atomic mass is 35.5. The van der Waals surface area contributed by atoms with Crippen LogP contribution in [0.2, 0.25) is 5.02 Å². The van der Waals surface area contributed by atoms with E-state index in [2.05, 4.69) is 20.9 Å². The Bertz CT molecular complexity index is 1650. The molecule has 13 heteroatoms. The van der Waals surface area contributed by atoms with E-state index >= 15 is 0 Å². The highest BCUT2D eigenvalue weighted by Crippen LogP contribution is 2.42. The Morgan fingerprint density at radius 2 is 1.88 bits per heavy atom. The molecule has 0 aliphatic heterocycles. The Kier molecular flexibility index (Phi) is 10.4. The average Bonchev–Trinajstić information content (AvgIpc) is 3.47. The number of halogens is 1. The standard InChI is InChI=1S/C29H25ClN6O4S2/c1-16(37)24(32)29(38)40-12-11-39-21-9-5-17(6-10-21)23-22(13-31)28(36-26(33)25(23)34-2)42-15-20-14-41-27(35-20)18-3-7-19(30)8-4-18/h3-10,14,16,24,37H,11-12,15,32H2,1H3,(H2,33,36)/t16?,24-/m0/s1. The maximum atomic E-state index is 11.7. The van der Waals surface area contributed by atoms with Gasteiger partial charge in [-0.05, 0) is 36.8 Å². The summed E-state index contributed by atoms with van der Waals surface area (Å²) in [6.45, 7) is 9.09. The van der Waals surface area contributed by atoms with Crippen LogP contribution in [0.15, 0.2) is 58.9 Å². The molecule has 0 aliphatic carbocycles. The predicted octanol–water partition coefficient (Wildman–Crippen LogP) is 5.45. The zero-order chi connectivity index (χ0) is 30.2. The second-order valence-electron chi connectivity index (χ2n) is 8.87. The van der Waals surface area contributed by atoms with Crippen molar-refractivity contribution in [3.63, 3.8) is 0 Å². The molecule has 0 saturated carbocycles. The topological polar surface area (TPSA) is 162 Å². The molecule has 2 aromatic carbocycles. The van der Waals surface area contributed by atoms with Gasteiger partial charge in [-0.3, -0.25) is 4.79 Å². The summed E-state index contributed by atoms with van der Waals surface area (Å²) < 4.78 is 10.6. The van der Waals surface area contributed by atoms with E-state index in [0.29, 0.717) is 32.7 Å². The number of anilines is 1. The smallest absolute Gasteiger partial charge is 0.325 e. The Balaban J connectivity index is 1.48. The molecule has 2 aromatic heterocycles. The van der Waals surface area contributed by atoms with Gasteiger partial charge in [-0.15, -0.1) is 11.3 Å². The number of thiazole rings is 1. The first-order valence-electron chi connectivity index (χ1n) is 12.5. The van der Waals surface area contributed by atoms with Crippen molar-refractivity contribution in [3.8, 4) is 33.5 Å². The van der Waals surface area contributed by atoms with Gasteiger partial charge in [0.2, 0.25) is 5.69 Å². The maximum absolute atomic E-state index is 11.7. The number of thioether (sulfide) groups is 1. The number of nitriles is 1. The molecule has 2 atom stereocenters. The molecular formula is C29H25ClN6O4S2. The first kappa shape index (κ1) is 30.8. The number of aliphatic hydroxyl groups is 1. The second-order valence-corrected chi connectivity index (χ2v) is 11.1. The Morgan fingerprint density at radius 3 is 2.52 bits per heavy atom. The minimum Gasteiger partial charge on any atom is -0.490 e. The third kappa shape index (κ3) is 7.36. The molecule has 0 fully saturated rings. The minimum atomic E-state index is -1.13. The number of aromatic nitrogens is 2. The molecular weight excluding hydrogens is 596 g/mol. The summed E-state index contributed by atoms with van der Waals surface area (Å²) in [6, 6.07) is 15.3. The lowest BCUT2D eigenvalue weighted by atomic mass is 10.00. The van der Waals surface area contributed by atoms with Gasteiger partial charge in [-0.1, -0.05) is 47.6 Å². The number of nitrogens with two attached hydrogens (primary N) is 2. The minimum absolute atomic E-state index is 0.0270. The third-order valence-corrected chi connectivity index (χ3v) is 8.12. The normalized spacial score (nSPS) is 12.1. The van der Waals surface area contributed by atoms with Crippen LogP contribution in [-0.2, 0) is 15.3 Å². The highest BCUT2D eigenvalue weighted by molar-refractivity contribution is 7.98. The number of hydrogen-bond donors (Lipinski definition) is 3. The summed E-state index contributed by atoms with van der Waals surface area (Å²) in [5, 5.41) is 23.3. The van der Waals surface area contributed by atoms with Gasteiger partial charge in [-0.25, -0.2) is 14.8 Å². The van der Waals surface area contributed by atoms with Crippen LogP contribution in [0.1, 0.15) is 18.2 Å². The third-order valence-electron chi connectivity index (χ3n) is 5.92. The zero-order valence-electron chi connectivity index (χ0n) is 22.3. The van der Waals surface area contributed by atoms with E-state index in [4.69, 9.17) is 39.1 Å². The number of ether oxygens (including phenoxy) is 2. The van der Waals surface area contributed by atoms with Gasteiger partial charge in [0, 0.05) is 27.3 Å². The number of benzene rings is 2. The quantitative estimate of drug-likeness (QED) is 0.0850. The first-order valence-corrected chi connectivity index (χ1v) is 14.7. The fourth-order valence-corrected chi connectivity index (χ4v) is 5.67. The molecule has 5 N–H and O–H groups in total. The number of carbonyl (C=O) groups excluding carboxylic acids is 1. The predicted molar refractivity (Wildman–Crippen MR) is 163 cm³/mol. The molecule has 1 unspecified atom stereocenters. The molecule has 2 heterocycles. The molecule has 4 aromatic rings. The van der Waals surface area contributed by atoms with Gasteiger partial charge in [0.15, 0.2) is 0 Å². The molecule has 0 radical (unpaired) electrons. The number of aliphatic hydroxyl groups excluding tert-OH is 1. The monoisotopic (exact) mass is 620 g/mol. The number of nitrogen functional groups attached to an aromatic ring is 1. The Morgan fingerprint density at radius 1 is 1.19 bits per heavy atom. The summed E-state index contributed by atoms with van der Waals surface area (Å²) >= 11 is 8.81. The summed E-state index contributed by atoms with van der Waals surface area (Å²) in [5.41, 5.74) is 14.8. The molecule has 0 amide bonds. The van der Waals surface area contributed by atoms with Crippen molar-refractivity contribution < 1.29 is 19.4 Å². The van der Waals surface area contributed by atoms with Gasteiger partial charge >= 0.3 is 5.97 Å². The number of pyridine rings is 1. The number of esters is 1. The van der Waals surface area contributed by atoms with Crippen molar-refractivity contribution in [2.24, 2.45) is 5.73 Å². The van der Waals surface area contributed by atoms with Crippen molar-refractivity contribution in [2.45, 2.75) is 29.8 Å². The first-order chi connectivity index (χ1) is 20.2. The fourth-order valence-electron chi connectivity index (χ4n) is 3.73. The molecule has 0 bridgehead atoms. The number of nitrogens with zero attached hydrogens (tertiary/aromatic N) is 4. The Hall–Kier alpha value is -4.17. The van der Waals surface area contributed by atoms with Gasteiger partial charge in [0.05, 0.1) is 23.9 Å². The van der Waals surface area contributed by atoms with Crippen LogP contribution in [0.5, 0.6) is 5.75 Å². The van der Waals surface area contributed by atoms with Crippen molar-refractivity contribution in [1.29, 1.82) is 5.26 Å². The molecule has 42 heavy (non-hydrogen) atoms. The molecule has 0 aliphatic rings. The molecule has 4 rings (SSSR count). The van der Waals surface area contributed by atoms with E-state index < -0.39 is 18.1 Å². The molecule has 214 valence electrons. The Labute approximate surface area is 255 Å². The van der Waals surface area contributed by atoms with E-state index in [1.165, 1.54) is 30.0 Å². The van der Waals surface area contributed by atoms with Crippen molar-refractivity contribution >= 4 is 52.2 Å². The van der Waals surface area contributed by atoms with Crippen molar-refractivity contribution in [2.75, 3.05) is 18.9 Å². The number of rotatable bonds is 11. The van der Waals surface area contributed by atoms with Crippen molar-refractivity contribution in [3.05, 3.63) is 81.6 Å². The largest absolute Gasteiger partial charge is 0.490 e. The van der Waals surface area contributed by atoms with Gasteiger partial charge < -0.3 is 26.0 Å². The van der Waals surface area contributed by atoms with Crippen LogP contribution in [0.4, 0.5) is 11.5 Å². The van der Waals surface area contributed by atoms with Crippen LogP contribution in [0, 0.1) is 17.9 Å².